The van der Waals surface area contributed by atoms with E-state index in [1.807, 2.05) is 42.3 Å². The Kier molecular flexibility index (Phi) is 6.08. The molecule has 0 amide bonds. The van der Waals surface area contributed by atoms with Crippen LogP contribution in [0.25, 0.3) is 11.3 Å². The maximum Gasteiger partial charge on any atom is 0.360 e. The van der Waals surface area contributed by atoms with Gasteiger partial charge in [-0.15, -0.1) is 0 Å². The Morgan fingerprint density at radius 2 is 2.03 bits per heavy atom. The van der Waals surface area contributed by atoms with Crippen molar-refractivity contribution in [2.75, 3.05) is 43.7 Å². The number of hydrogen-bond donors (Lipinski definition) is 2. The summed E-state index contributed by atoms with van der Waals surface area (Å²) in [5.74, 6) is 0.0472. The molecule has 1 aromatic carbocycles. The Morgan fingerprint density at radius 3 is 2.79 bits per heavy atom. The number of nitrogens with zero attached hydrogens (tertiary/aromatic N) is 4. The van der Waals surface area contributed by atoms with Gasteiger partial charge in [0, 0.05) is 18.8 Å². The van der Waals surface area contributed by atoms with Crippen molar-refractivity contribution in [3.8, 4) is 17.0 Å². The van der Waals surface area contributed by atoms with Gasteiger partial charge in [0.25, 0.3) is 0 Å². The molecule has 29 heavy (non-hydrogen) atoms. The lowest BCUT2D eigenvalue weighted by molar-refractivity contribution is 0.0595. The third-order valence-electron chi connectivity index (χ3n) is 4.24. The number of aromatic nitrogens is 3. The molecule has 0 saturated heterocycles. The van der Waals surface area contributed by atoms with Gasteiger partial charge in [0.2, 0.25) is 0 Å². The molecule has 0 saturated carbocycles. The van der Waals surface area contributed by atoms with Crippen molar-refractivity contribution >= 4 is 23.2 Å². The monoisotopic (exact) mass is 394 g/mol. The van der Waals surface area contributed by atoms with Gasteiger partial charge >= 0.3 is 5.97 Å². The molecule has 0 aliphatic heterocycles. The highest BCUT2D eigenvalue weighted by Crippen LogP contribution is 2.24. The summed E-state index contributed by atoms with van der Waals surface area (Å²) >= 11 is 0. The molecule has 2 heterocycles. The number of esters is 1. The normalized spacial score (nSPS) is 10.4. The zero-order chi connectivity index (χ0) is 20.8. The summed E-state index contributed by atoms with van der Waals surface area (Å²) in [4.78, 5) is 26.1. The molecule has 2 aromatic heterocycles. The van der Waals surface area contributed by atoms with Crippen LogP contribution in [0.5, 0.6) is 5.75 Å². The molecule has 9 nitrogen and oxygen atoms in total. The molecular weight excluding hydrogens is 372 g/mol. The Morgan fingerprint density at radius 1 is 1.21 bits per heavy atom. The van der Waals surface area contributed by atoms with E-state index in [2.05, 4.69) is 19.7 Å². The van der Waals surface area contributed by atoms with Crippen molar-refractivity contribution in [1.82, 2.24) is 15.0 Å². The molecule has 0 fully saturated rings. The number of ether oxygens (including phenoxy) is 2. The predicted molar refractivity (Wildman–Crippen MR) is 111 cm³/mol. The molecule has 0 spiro atoms. The number of nitrogen functional groups attached to an aromatic ring is 2. The fourth-order valence-electron chi connectivity index (χ4n) is 2.70. The topological polar surface area (TPSA) is 129 Å². The van der Waals surface area contributed by atoms with E-state index in [1.165, 1.54) is 13.3 Å². The zero-order valence-corrected chi connectivity index (χ0v) is 16.2. The Bertz CT molecular complexity index is 1010. The van der Waals surface area contributed by atoms with E-state index >= 15 is 0 Å². The third-order valence-corrected chi connectivity index (χ3v) is 4.24. The standard InChI is InChI=1S/C20H22N6O3/c1-26(17-6-7-23-11-15(17)21)8-9-29-14-5-3-4-13(10-14)16-12-24-19(22)18(25-16)20(27)28-2/h3-7,10-12H,8-9,21H2,1-2H3,(H2,22,24). The van der Waals surface area contributed by atoms with E-state index in [1.54, 1.807) is 12.4 Å². The summed E-state index contributed by atoms with van der Waals surface area (Å²) < 4.78 is 10.5. The van der Waals surface area contributed by atoms with Crippen LogP contribution in [-0.4, -0.2) is 48.2 Å². The number of nitrogens with two attached hydrogens (primary N) is 2. The van der Waals surface area contributed by atoms with Crippen LogP contribution in [0.4, 0.5) is 17.2 Å². The molecule has 3 rings (SSSR count). The van der Waals surface area contributed by atoms with Gasteiger partial charge in [-0.3, -0.25) is 4.98 Å². The number of anilines is 3. The largest absolute Gasteiger partial charge is 0.492 e. The first kappa shape index (κ1) is 19.9. The Labute approximate surface area is 168 Å². The number of benzene rings is 1. The van der Waals surface area contributed by atoms with Crippen molar-refractivity contribution in [2.45, 2.75) is 0 Å². The maximum atomic E-state index is 11.8. The highest BCUT2D eigenvalue weighted by molar-refractivity contribution is 5.92. The summed E-state index contributed by atoms with van der Waals surface area (Å²) in [5.41, 5.74) is 14.4. The van der Waals surface area contributed by atoms with Crippen LogP contribution in [0.2, 0.25) is 0 Å². The minimum absolute atomic E-state index is 0.0198. The Hall–Kier alpha value is -3.88. The smallest absolute Gasteiger partial charge is 0.360 e. The van der Waals surface area contributed by atoms with E-state index in [4.69, 9.17) is 16.2 Å². The fourth-order valence-corrected chi connectivity index (χ4v) is 2.70. The first-order valence-corrected chi connectivity index (χ1v) is 8.84. The molecular formula is C20H22N6O3. The van der Waals surface area contributed by atoms with Gasteiger partial charge in [-0.05, 0) is 18.2 Å². The number of rotatable bonds is 7. The molecule has 0 bridgehead atoms. The molecule has 0 aliphatic carbocycles. The molecule has 0 radical (unpaired) electrons. The number of carbonyl (C=O) groups excluding carboxylic acids is 1. The number of carbonyl (C=O) groups is 1. The summed E-state index contributed by atoms with van der Waals surface area (Å²) in [6.07, 6.45) is 4.82. The number of methoxy groups -OCH3 is 1. The van der Waals surface area contributed by atoms with Crippen LogP contribution in [0.3, 0.4) is 0 Å². The van der Waals surface area contributed by atoms with E-state index in [0.29, 0.717) is 30.3 Å². The van der Waals surface area contributed by atoms with Crippen molar-refractivity contribution in [3.63, 3.8) is 0 Å². The average Bonchev–Trinajstić information content (AvgIpc) is 2.74. The van der Waals surface area contributed by atoms with Crippen molar-refractivity contribution in [1.29, 1.82) is 0 Å². The van der Waals surface area contributed by atoms with Gasteiger partial charge in [0.15, 0.2) is 11.5 Å². The first-order valence-electron chi connectivity index (χ1n) is 8.84. The average molecular weight is 394 g/mol. The number of likely N-dealkylation sites (N-methyl/N-ethyl adjacent to an activating group) is 1. The molecule has 3 aromatic rings. The lowest BCUT2D eigenvalue weighted by atomic mass is 10.1. The van der Waals surface area contributed by atoms with E-state index in [9.17, 15) is 4.79 Å². The summed E-state index contributed by atoms with van der Waals surface area (Å²) in [7, 11) is 3.20. The molecule has 0 aliphatic rings. The predicted octanol–water partition coefficient (Wildman–Crippen LogP) is 2.00. The minimum Gasteiger partial charge on any atom is -0.492 e. The van der Waals surface area contributed by atoms with Crippen molar-refractivity contribution < 1.29 is 14.3 Å². The molecule has 9 heteroatoms. The van der Waals surface area contributed by atoms with Crippen LogP contribution in [0.15, 0.2) is 48.9 Å². The van der Waals surface area contributed by atoms with E-state index < -0.39 is 5.97 Å². The fraction of sp³-hybridized carbons (Fsp3) is 0.200. The molecule has 0 unspecified atom stereocenters. The van der Waals surface area contributed by atoms with Crippen LogP contribution in [0.1, 0.15) is 10.5 Å². The molecule has 150 valence electrons. The first-order chi connectivity index (χ1) is 14.0. The van der Waals surface area contributed by atoms with Gasteiger partial charge in [-0.2, -0.15) is 0 Å². The second-order valence-corrected chi connectivity index (χ2v) is 6.21. The quantitative estimate of drug-likeness (QED) is 0.578. The van der Waals surface area contributed by atoms with E-state index in [0.717, 1.165) is 11.3 Å². The van der Waals surface area contributed by atoms with Crippen LogP contribution in [0, 0.1) is 0 Å². The SMILES string of the molecule is COC(=O)c1nc(-c2cccc(OCCN(C)c3ccncc3N)c2)cnc1N. The summed E-state index contributed by atoms with van der Waals surface area (Å²) in [6, 6.07) is 9.20. The lowest BCUT2D eigenvalue weighted by Gasteiger charge is -2.20. The van der Waals surface area contributed by atoms with Crippen molar-refractivity contribution in [3.05, 3.63) is 54.6 Å². The summed E-state index contributed by atoms with van der Waals surface area (Å²) in [6.45, 7) is 1.08. The van der Waals surface area contributed by atoms with E-state index in [-0.39, 0.29) is 11.5 Å². The molecule has 4 N–H and O–H groups in total. The second kappa shape index (κ2) is 8.87. The Balaban J connectivity index is 1.69. The maximum absolute atomic E-state index is 11.8. The van der Waals surface area contributed by atoms with Crippen molar-refractivity contribution in [2.24, 2.45) is 0 Å². The minimum atomic E-state index is -0.636. The van der Waals surface area contributed by atoms with Crippen LogP contribution >= 0.6 is 0 Å². The van der Waals surface area contributed by atoms with Gasteiger partial charge in [0.1, 0.15) is 12.4 Å². The van der Waals surface area contributed by atoms with Gasteiger partial charge in [-0.1, -0.05) is 12.1 Å². The summed E-state index contributed by atoms with van der Waals surface area (Å²) in [5, 5.41) is 0. The molecule has 0 atom stereocenters. The van der Waals surface area contributed by atoms with Crippen LogP contribution in [-0.2, 0) is 4.74 Å². The van der Waals surface area contributed by atoms with Gasteiger partial charge < -0.3 is 25.8 Å². The number of hydrogen-bond acceptors (Lipinski definition) is 9. The number of pyridine rings is 1. The lowest BCUT2D eigenvalue weighted by Crippen LogP contribution is -2.24. The second-order valence-electron chi connectivity index (χ2n) is 6.21. The highest BCUT2D eigenvalue weighted by Gasteiger charge is 2.15. The highest BCUT2D eigenvalue weighted by atomic mass is 16.5. The van der Waals surface area contributed by atoms with Crippen LogP contribution < -0.4 is 21.1 Å². The third kappa shape index (κ3) is 4.70. The van der Waals surface area contributed by atoms with Gasteiger partial charge in [-0.25, -0.2) is 14.8 Å². The zero-order valence-electron chi connectivity index (χ0n) is 16.2. The van der Waals surface area contributed by atoms with Gasteiger partial charge in [0.05, 0.1) is 43.1 Å².